The summed E-state index contributed by atoms with van der Waals surface area (Å²) in [4.78, 5) is 3.55. The molecule has 2 N–H and O–H groups in total. The van der Waals surface area contributed by atoms with Crippen LogP contribution >= 0.6 is 11.6 Å². The molecule has 1 aliphatic heterocycles. The van der Waals surface area contributed by atoms with Crippen LogP contribution in [0, 0.1) is 6.92 Å². The number of fused-ring (bicyclic) bond motifs is 3. The van der Waals surface area contributed by atoms with Gasteiger partial charge in [0.15, 0.2) is 0 Å². The molecule has 1 atom stereocenters. The molecule has 3 rings (SSSR count). The van der Waals surface area contributed by atoms with Crippen LogP contribution in [-0.4, -0.2) is 11.5 Å². The van der Waals surface area contributed by atoms with Crippen molar-refractivity contribution in [3.63, 3.8) is 0 Å². The maximum Gasteiger partial charge on any atom is 0.0504 e. The average Bonchev–Trinajstić information content (AvgIpc) is 2.65. The third-order valence-electron chi connectivity index (χ3n) is 3.55. The molecule has 0 spiro atoms. The van der Waals surface area contributed by atoms with Gasteiger partial charge < -0.3 is 10.3 Å². The maximum atomic E-state index is 6.15. The molecule has 0 radical (unpaired) electrons. The topological polar surface area (TPSA) is 27.8 Å². The largest absolute Gasteiger partial charge is 0.358 e. The van der Waals surface area contributed by atoms with Gasteiger partial charge in [0.25, 0.3) is 0 Å². The Kier molecular flexibility index (Phi) is 2.23. The fourth-order valence-electron chi connectivity index (χ4n) is 2.58. The average molecular weight is 235 g/mol. The summed E-state index contributed by atoms with van der Waals surface area (Å²) >= 11 is 6.15. The molecule has 0 bridgehead atoms. The fraction of sp³-hybridized carbons (Fsp3) is 0.385. The molecule has 3 heteroatoms. The number of hydrogen-bond acceptors (Lipinski definition) is 1. The van der Waals surface area contributed by atoms with E-state index in [1.807, 2.05) is 6.07 Å². The van der Waals surface area contributed by atoms with E-state index in [0.717, 1.165) is 23.7 Å². The monoisotopic (exact) mass is 234 g/mol. The standard InChI is InChI=1S/C13H15ClN2/c1-7-5-15-6-10-9-3-4-11(14)8(2)13(9)16-12(7)10/h3-4,7,15-16H,5-6H2,1-2H3. The van der Waals surface area contributed by atoms with Crippen LogP contribution in [0.5, 0.6) is 0 Å². The highest BCUT2D eigenvalue weighted by Crippen LogP contribution is 2.33. The number of halogens is 1. The summed E-state index contributed by atoms with van der Waals surface area (Å²) in [6.45, 7) is 6.33. The highest BCUT2D eigenvalue weighted by molar-refractivity contribution is 6.32. The second-order valence-electron chi connectivity index (χ2n) is 4.64. The van der Waals surface area contributed by atoms with E-state index in [-0.39, 0.29) is 0 Å². The summed E-state index contributed by atoms with van der Waals surface area (Å²) in [7, 11) is 0. The summed E-state index contributed by atoms with van der Waals surface area (Å²) in [5.41, 5.74) is 5.14. The molecule has 1 aromatic carbocycles. The molecule has 0 saturated carbocycles. The Balaban J connectivity index is 2.35. The van der Waals surface area contributed by atoms with Crippen molar-refractivity contribution in [1.82, 2.24) is 10.3 Å². The van der Waals surface area contributed by atoms with E-state index < -0.39 is 0 Å². The number of rotatable bonds is 0. The summed E-state index contributed by atoms with van der Waals surface area (Å²) in [5.74, 6) is 0.550. The van der Waals surface area contributed by atoms with Crippen LogP contribution in [0.4, 0.5) is 0 Å². The van der Waals surface area contributed by atoms with Gasteiger partial charge in [-0.3, -0.25) is 0 Å². The van der Waals surface area contributed by atoms with E-state index in [2.05, 4.69) is 30.2 Å². The molecule has 0 amide bonds. The zero-order valence-corrected chi connectivity index (χ0v) is 10.3. The summed E-state index contributed by atoms with van der Waals surface area (Å²) in [6, 6.07) is 4.12. The first-order chi connectivity index (χ1) is 7.68. The summed E-state index contributed by atoms with van der Waals surface area (Å²) < 4.78 is 0. The second kappa shape index (κ2) is 3.51. The van der Waals surface area contributed by atoms with Crippen molar-refractivity contribution in [3.8, 4) is 0 Å². The van der Waals surface area contributed by atoms with Crippen LogP contribution in [-0.2, 0) is 6.54 Å². The minimum Gasteiger partial charge on any atom is -0.358 e. The highest BCUT2D eigenvalue weighted by Gasteiger charge is 2.21. The van der Waals surface area contributed by atoms with Crippen molar-refractivity contribution in [2.45, 2.75) is 26.3 Å². The molecule has 1 unspecified atom stereocenters. The van der Waals surface area contributed by atoms with Gasteiger partial charge in [-0.1, -0.05) is 24.6 Å². The zero-order chi connectivity index (χ0) is 11.3. The van der Waals surface area contributed by atoms with Gasteiger partial charge in [0.05, 0.1) is 5.52 Å². The van der Waals surface area contributed by atoms with Gasteiger partial charge in [0, 0.05) is 35.1 Å². The molecule has 2 aromatic rings. The van der Waals surface area contributed by atoms with E-state index >= 15 is 0 Å². The second-order valence-corrected chi connectivity index (χ2v) is 5.05. The molecule has 0 saturated heterocycles. The van der Waals surface area contributed by atoms with Crippen LogP contribution in [0.15, 0.2) is 12.1 Å². The molecule has 16 heavy (non-hydrogen) atoms. The van der Waals surface area contributed by atoms with Crippen LogP contribution in [0.2, 0.25) is 5.02 Å². The van der Waals surface area contributed by atoms with Crippen LogP contribution in [0.1, 0.15) is 29.7 Å². The molecule has 1 aromatic heterocycles. The lowest BCUT2D eigenvalue weighted by Gasteiger charge is -2.19. The predicted molar refractivity (Wildman–Crippen MR) is 68.2 cm³/mol. The number of H-pyrrole nitrogens is 1. The van der Waals surface area contributed by atoms with Gasteiger partial charge in [-0.2, -0.15) is 0 Å². The normalized spacial score (nSPS) is 20.1. The summed E-state index contributed by atoms with van der Waals surface area (Å²) in [5, 5.41) is 5.61. The van der Waals surface area contributed by atoms with Crippen molar-refractivity contribution >= 4 is 22.5 Å². The Bertz CT molecular complexity index is 557. The van der Waals surface area contributed by atoms with Gasteiger partial charge in [0.2, 0.25) is 0 Å². The number of aromatic amines is 1. The third kappa shape index (κ3) is 1.30. The van der Waals surface area contributed by atoms with E-state index in [0.29, 0.717) is 5.92 Å². The van der Waals surface area contributed by atoms with Crippen LogP contribution in [0.25, 0.3) is 10.9 Å². The Labute approximate surface area is 100.0 Å². The van der Waals surface area contributed by atoms with Crippen molar-refractivity contribution < 1.29 is 0 Å². The molecule has 2 heterocycles. The first-order valence-corrected chi connectivity index (χ1v) is 6.06. The zero-order valence-electron chi connectivity index (χ0n) is 9.52. The molecule has 2 nitrogen and oxygen atoms in total. The van der Waals surface area contributed by atoms with Gasteiger partial charge >= 0.3 is 0 Å². The smallest absolute Gasteiger partial charge is 0.0504 e. The van der Waals surface area contributed by atoms with Crippen molar-refractivity contribution in [2.24, 2.45) is 0 Å². The van der Waals surface area contributed by atoms with E-state index in [1.165, 1.54) is 22.2 Å². The third-order valence-corrected chi connectivity index (χ3v) is 3.96. The van der Waals surface area contributed by atoms with Gasteiger partial charge in [-0.25, -0.2) is 0 Å². The van der Waals surface area contributed by atoms with E-state index in [1.54, 1.807) is 0 Å². The Morgan fingerprint density at radius 3 is 3.00 bits per heavy atom. The predicted octanol–water partition coefficient (Wildman–Crippen LogP) is 3.34. The molecule has 84 valence electrons. The molecular formula is C13H15ClN2. The minimum atomic E-state index is 0.550. The SMILES string of the molecule is Cc1c(Cl)ccc2c3c([nH]c12)C(C)CNC3. The number of aromatic nitrogens is 1. The number of benzene rings is 1. The minimum absolute atomic E-state index is 0.550. The van der Waals surface area contributed by atoms with E-state index in [4.69, 9.17) is 11.6 Å². The lowest BCUT2D eigenvalue weighted by molar-refractivity contribution is 0.565. The molecule has 0 fully saturated rings. The number of aryl methyl sites for hydroxylation is 1. The van der Waals surface area contributed by atoms with Crippen molar-refractivity contribution in [3.05, 3.63) is 34.0 Å². The first-order valence-electron chi connectivity index (χ1n) is 5.68. The number of nitrogens with one attached hydrogen (secondary N) is 2. The summed E-state index contributed by atoms with van der Waals surface area (Å²) in [6.07, 6.45) is 0. The van der Waals surface area contributed by atoms with Crippen LogP contribution in [0.3, 0.4) is 0 Å². The Morgan fingerprint density at radius 1 is 1.38 bits per heavy atom. The Morgan fingerprint density at radius 2 is 2.19 bits per heavy atom. The quantitative estimate of drug-likeness (QED) is 0.719. The first kappa shape index (κ1) is 10.2. The lowest BCUT2D eigenvalue weighted by atomic mass is 9.98. The maximum absolute atomic E-state index is 6.15. The van der Waals surface area contributed by atoms with Crippen molar-refractivity contribution in [2.75, 3.05) is 6.54 Å². The number of hydrogen-bond donors (Lipinski definition) is 2. The fourth-order valence-corrected chi connectivity index (χ4v) is 2.74. The van der Waals surface area contributed by atoms with Crippen LogP contribution < -0.4 is 5.32 Å². The Hall–Kier alpha value is -0.990. The van der Waals surface area contributed by atoms with Gasteiger partial charge in [-0.15, -0.1) is 0 Å². The van der Waals surface area contributed by atoms with E-state index in [9.17, 15) is 0 Å². The highest BCUT2D eigenvalue weighted by atomic mass is 35.5. The van der Waals surface area contributed by atoms with Gasteiger partial charge in [0.1, 0.15) is 0 Å². The molecule has 1 aliphatic rings. The molecule has 0 aliphatic carbocycles. The van der Waals surface area contributed by atoms with Gasteiger partial charge in [-0.05, 0) is 24.1 Å². The molecular weight excluding hydrogens is 220 g/mol. The lowest BCUT2D eigenvalue weighted by Crippen LogP contribution is -2.26. The van der Waals surface area contributed by atoms with Crippen molar-refractivity contribution in [1.29, 1.82) is 0 Å².